The van der Waals surface area contributed by atoms with Gasteiger partial charge in [0.15, 0.2) is 0 Å². The van der Waals surface area contributed by atoms with Crippen LogP contribution in [0.1, 0.15) is 50.8 Å². The lowest BCUT2D eigenvalue weighted by Crippen LogP contribution is -2.47. The molecule has 44 heavy (non-hydrogen) atoms. The molecule has 10 heteroatoms. The molecule has 0 fully saturated rings. The van der Waals surface area contributed by atoms with Crippen LogP contribution in [0.25, 0.3) is 0 Å². The highest BCUT2D eigenvalue weighted by Gasteiger charge is 2.32. The number of aliphatic hydroxyl groups is 1. The van der Waals surface area contributed by atoms with E-state index in [-0.39, 0.29) is 19.6 Å². The van der Waals surface area contributed by atoms with Gasteiger partial charge in [0, 0.05) is 19.2 Å². The van der Waals surface area contributed by atoms with Crippen LogP contribution < -0.4 is 16.4 Å². The van der Waals surface area contributed by atoms with E-state index in [2.05, 4.69) is 10.6 Å². The molecule has 4 atom stereocenters. The second-order valence-corrected chi connectivity index (χ2v) is 12.0. The molecule has 0 bridgehead atoms. The summed E-state index contributed by atoms with van der Waals surface area (Å²) in [5.41, 5.74) is 7.92. The van der Waals surface area contributed by atoms with Crippen LogP contribution in [0, 0.1) is 5.82 Å². The fourth-order valence-electron chi connectivity index (χ4n) is 4.64. The van der Waals surface area contributed by atoms with Crippen LogP contribution in [0.5, 0.6) is 0 Å². The van der Waals surface area contributed by atoms with Gasteiger partial charge >= 0.3 is 6.09 Å². The number of nitrogens with two attached hydrogens (primary N) is 1. The zero-order valence-electron chi connectivity index (χ0n) is 26.0. The van der Waals surface area contributed by atoms with Crippen LogP contribution in [0.15, 0.2) is 78.9 Å². The van der Waals surface area contributed by atoms with Gasteiger partial charge in [-0.3, -0.25) is 4.79 Å². The fraction of sp³-hybridized carbons (Fsp3) is 0.412. The molecule has 3 rings (SSSR count). The van der Waals surface area contributed by atoms with Crippen molar-refractivity contribution in [2.24, 2.45) is 5.73 Å². The number of carbonyl (C=O) groups excluding carboxylic acids is 2. The second-order valence-electron chi connectivity index (χ2n) is 12.0. The highest BCUT2D eigenvalue weighted by Crippen LogP contribution is 2.27. The summed E-state index contributed by atoms with van der Waals surface area (Å²) in [6, 6.07) is 22.1. The maximum atomic E-state index is 13.2. The lowest BCUT2D eigenvalue weighted by molar-refractivity contribution is -0.127. The van der Waals surface area contributed by atoms with Gasteiger partial charge in [0.1, 0.15) is 17.5 Å². The molecule has 9 nitrogen and oxygen atoms in total. The summed E-state index contributed by atoms with van der Waals surface area (Å²) in [7, 11) is 1.36. The molecule has 0 aliphatic heterocycles. The van der Waals surface area contributed by atoms with Crippen molar-refractivity contribution in [3.63, 3.8) is 0 Å². The molecule has 238 valence electrons. The van der Waals surface area contributed by atoms with Gasteiger partial charge < -0.3 is 35.7 Å². The minimum Gasteiger partial charge on any atom is -0.444 e. The summed E-state index contributed by atoms with van der Waals surface area (Å²) in [5.74, 6) is -0.903. The molecule has 5 N–H and O–H groups in total. The first-order chi connectivity index (χ1) is 20.8. The minimum absolute atomic E-state index is 0.0266. The first kappa shape index (κ1) is 34.7. The lowest BCUT2D eigenvalue weighted by Gasteiger charge is -2.33. The molecule has 0 saturated heterocycles. The Hall–Kier alpha value is -3.83. The summed E-state index contributed by atoms with van der Waals surface area (Å²) in [6.07, 6.45) is -2.10. The lowest BCUT2D eigenvalue weighted by atomic mass is 9.85. The number of anilines is 1. The van der Waals surface area contributed by atoms with Gasteiger partial charge in [-0.2, -0.15) is 0 Å². The Morgan fingerprint density at radius 2 is 1.61 bits per heavy atom. The molecule has 0 spiro atoms. The van der Waals surface area contributed by atoms with Crippen LogP contribution in [-0.4, -0.2) is 54.7 Å². The van der Waals surface area contributed by atoms with Crippen LogP contribution in [0.2, 0.25) is 0 Å². The summed E-state index contributed by atoms with van der Waals surface area (Å²) in [5, 5.41) is 16.4. The quantitative estimate of drug-likeness (QED) is 0.201. The van der Waals surface area contributed by atoms with Crippen molar-refractivity contribution in [3.8, 4) is 0 Å². The number of rotatable bonds is 14. The van der Waals surface area contributed by atoms with Gasteiger partial charge in [0.05, 0.1) is 30.9 Å². The number of aliphatic hydroxyl groups excluding tert-OH is 1. The first-order valence-corrected chi connectivity index (χ1v) is 14.5. The van der Waals surface area contributed by atoms with Crippen LogP contribution >= 0.6 is 0 Å². The normalized spacial score (nSPS) is 15.0. The van der Waals surface area contributed by atoms with E-state index in [1.807, 2.05) is 82.3 Å². The Bertz CT molecular complexity index is 1350. The van der Waals surface area contributed by atoms with Crippen molar-refractivity contribution >= 4 is 17.7 Å². The Morgan fingerprint density at radius 3 is 2.25 bits per heavy atom. The van der Waals surface area contributed by atoms with E-state index in [1.165, 1.54) is 31.4 Å². The highest BCUT2D eigenvalue weighted by atomic mass is 19.1. The number of ether oxygens (including phenoxy) is 3. The van der Waals surface area contributed by atoms with E-state index in [1.54, 1.807) is 0 Å². The van der Waals surface area contributed by atoms with Gasteiger partial charge in [-0.05, 0) is 75.1 Å². The van der Waals surface area contributed by atoms with Crippen molar-refractivity contribution in [1.82, 2.24) is 5.32 Å². The summed E-state index contributed by atoms with van der Waals surface area (Å²) in [4.78, 5) is 25.4. The maximum absolute atomic E-state index is 13.2. The molecule has 0 radical (unpaired) electrons. The van der Waals surface area contributed by atoms with Gasteiger partial charge in [-0.25, -0.2) is 9.18 Å². The van der Waals surface area contributed by atoms with E-state index >= 15 is 0 Å². The Balaban J connectivity index is 1.61. The smallest absolute Gasteiger partial charge is 0.408 e. The zero-order valence-corrected chi connectivity index (χ0v) is 26.0. The number of methoxy groups -OCH3 is 1. The standard InChI is InChI=1S/C34H44FN3O6/c1-33(2,3)44-32(41)38-34(4,20-23-10-7-6-8-11-23)25-13-9-12-24(18-25)21-43-22-28(36)29(39)19-30(42-5)31(40)37-27-16-14-26(35)15-17-27/h6-18,28-30,39H,19-22,36H2,1-5H3,(H,37,40)(H,38,41)/t28-,29-,30+,34?/m0/s1. The van der Waals surface area contributed by atoms with Gasteiger partial charge in [0.25, 0.3) is 5.91 Å². The SMILES string of the molecule is CO[C@H](C[C@H](O)[C@@H](N)COCc1cccc(C(C)(Cc2ccccc2)NC(=O)OC(C)(C)C)c1)C(=O)Nc1ccc(F)cc1. The average molecular weight is 610 g/mol. The summed E-state index contributed by atoms with van der Waals surface area (Å²) in [6.45, 7) is 7.64. The monoisotopic (exact) mass is 609 g/mol. The first-order valence-electron chi connectivity index (χ1n) is 14.5. The molecule has 0 heterocycles. The molecule has 0 aliphatic carbocycles. The third-order valence-corrected chi connectivity index (χ3v) is 6.96. The van der Waals surface area contributed by atoms with E-state index in [0.29, 0.717) is 12.1 Å². The van der Waals surface area contributed by atoms with Gasteiger partial charge in [-0.15, -0.1) is 0 Å². The largest absolute Gasteiger partial charge is 0.444 e. The van der Waals surface area contributed by atoms with Crippen molar-refractivity contribution in [2.75, 3.05) is 19.0 Å². The topological polar surface area (TPSA) is 132 Å². The van der Waals surface area contributed by atoms with Gasteiger partial charge in [0.2, 0.25) is 0 Å². The molecule has 0 saturated carbocycles. The van der Waals surface area contributed by atoms with E-state index in [4.69, 9.17) is 19.9 Å². The summed E-state index contributed by atoms with van der Waals surface area (Å²) >= 11 is 0. The van der Waals surface area contributed by atoms with Crippen LogP contribution in [0.3, 0.4) is 0 Å². The van der Waals surface area contributed by atoms with Crippen molar-refractivity contribution < 1.29 is 33.3 Å². The Kier molecular flexibility index (Phi) is 12.4. The minimum atomic E-state index is -1.09. The number of amides is 2. The van der Waals surface area contributed by atoms with Crippen molar-refractivity contribution in [1.29, 1.82) is 0 Å². The molecular weight excluding hydrogens is 565 g/mol. The Labute approximate surface area is 258 Å². The molecular formula is C34H44FN3O6. The van der Waals surface area contributed by atoms with E-state index < -0.39 is 47.2 Å². The number of benzene rings is 3. The second kappa shape index (κ2) is 15.8. The molecule has 0 aromatic heterocycles. The maximum Gasteiger partial charge on any atom is 0.408 e. The number of alkyl carbamates (subject to hydrolysis) is 1. The predicted octanol–water partition coefficient (Wildman–Crippen LogP) is 5.06. The zero-order chi connectivity index (χ0) is 32.3. The molecule has 3 aromatic rings. The predicted molar refractivity (Wildman–Crippen MR) is 167 cm³/mol. The van der Waals surface area contributed by atoms with Crippen molar-refractivity contribution in [3.05, 3.63) is 101 Å². The molecule has 2 amide bonds. The molecule has 3 aromatic carbocycles. The average Bonchev–Trinajstić information content (AvgIpc) is 2.96. The molecule has 1 unspecified atom stereocenters. The van der Waals surface area contributed by atoms with E-state index in [9.17, 15) is 19.1 Å². The van der Waals surface area contributed by atoms with Crippen molar-refractivity contribution in [2.45, 2.75) is 76.5 Å². The number of hydrogen-bond donors (Lipinski definition) is 4. The molecule has 0 aliphatic rings. The Morgan fingerprint density at radius 1 is 0.955 bits per heavy atom. The van der Waals surface area contributed by atoms with E-state index in [0.717, 1.165) is 16.7 Å². The summed E-state index contributed by atoms with van der Waals surface area (Å²) < 4.78 is 29.8. The van der Waals surface area contributed by atoms with Crippen LogP contribution in [-0.2, 0) is 37.6 Å². The highest BCUT2D eigenvalue weighted by molar-refractivity contribution is 5.94. The van der Waals surface area contributed by atoms with Crippen LogP contribution in [0.4, 0.5) is 14.9 Å². The number of hydrogen-bond acceptors (Lipinski definition) is 7. The third kappa shape index (κ3) is 11.0. The van der Waals surface area contributed by atoms with Gasteiger partial charge in [-0.1, -0.05) is 54.6 Å². The third-order valence-electron chi connectivity index (χ3n) is 6.96. The fourth-order valence-corrected chi connectivity index (χ4v) is 4.64. The number of halogens is 1. The number of carbonyl (C=O) groups is 2. The number of nitrogens with one attached hydrogen (secondary N) is 2.